The maximum Gasteiger partial charge on any atom is 0.0626 e. The zero-order valence-electron chi connectivity index (χ0n) is 24.9. The molecule has 0 bridgehead atoms. The van der Waals surface area contributed by atoms with Gasteiger partial charge in [0, 0.05) is 48.5 Å². The smallest absolute Gasteiger partial charge is 0.0626 e. The van der Waals surface area contributed by atoms with Crippen LogP contribution in [-0.2, 0) is 5.41 Å². The summed E-state index contributed by atoms with van der Waals surface area (Å²) in [5.41, 5.74) is 13.4. The maximum absolute atomic E-state index is 2.62. The first-order valence-electron chi connectivity index (χ1n) is 16.0. The zero-order valence-corrected chi connectivity index (χ0v) is 24.9. The van der Waals surface area contributed by atoms with Gasteiger partial charge in [0.25, 0.3) is 0 Å². The second kappa shape index (κ2) is 7.20. The van der Waals surface area contributed by atoms with Crippen LogP contribution in [0.15, 0.2) is 121 Å². The molecule has 0 fully saturated rings. The molecule has 0 saturated carbocycles. The molecule has 4 aromatic heterocycles. The van der Waals surface area contributed by atoms with Gasteiger partial charge >= 0.3 is 0 Å². The van der Waals surface area contributed by atoms with E-state index < -0.39 is 0 Å². The lowest BCUT2D eigenvalue weighted by Gasteiger charge is -2.22. The van der Waals surface area contributed by atoms with Crippen LogP contribution in [0.3, 0.4) is 0 Å². The van der Waals surface area contributed by atoms with E-state index in [0.29, 0.717) is 0 Å². The normalized spacial score (nSPS) is 14.6. The number of aromatic nitrogens is 2. The molecule has 0 aliphatic heterocycles. The van der Waals surface area contributed by atoms with E-state index in [0.717, 1.165) is 0 Å². The molecule has 0 unspecified atom stereocenters. The van der Waals surface area contributed by atoms with Crippen molar-refractivity contribution >= 4 is 87.0 Å². The molecular weight excluding hydrogens is 544 g/mol. The largest absolute Gasteiger partial charge is 0.308 e. The molecule has 0 amide bonds. The molecule has 11 aromatic rings. The Bertz CT molecular complexity index is 3110. The SMILES string of the molecule is CC1(C)c2ccccc2-c2ccc3c4cccc5c6cc7c8c9ccccc9cc9c%10ccccc%10n(c7cc6n(c3c21)c54)c98. The minimum absolute atomic E-state index is 0.100. The number of para-hydroxylation sites is 2. The summed E-state index contributed by atoms with van der Waals surface area (Å²) in [4.78, 5) is 0. The van der Waals surface area contributed by atoms with Gasteiger partial charge in [-0.25, -0.2) is 0 Å². The van der Waals surface area contributed by atoms with Crippen LogP contribution in [0.5, 0.6) is 0 Å². The Balaban J connectivity index is 1.36. The summed E-state index contributed by atoms with van der Waals surface area (Å²) in [6.07, 6.45) is 0. The Morgan fingerprint density at radius 1 is 0.422 bits per heavy atom. The lowest BCUT2D eigenvalue weighted by Crippen LogP contribution is -2.15. The molecule has 45 heavy (non-hydrogen) atoms. The van der Waals surface area contributed by atoms with Crippen LogP contribution in [0.4, 0.5) is 0 Å². The highest BCUT2D eigenvalue weighted by Crippen LogP contribution is 2.54. The van der Waals surface area contributed by atoms with Crippen LogP contribution in [-0.4, -0.2) is 8.80 Å². The van der Waals surface area contributed by atoms with E-state index in [9.17, 15) is 0 Å². The molecule has 0 radical (unpaired) electrons. The number of rotatable bonds is 0. The first-order chi connectivity index (χ1) is 22.1. The maximum atomic E-state index is 2.62. The molecule has 0 N–H and O–H groups in total. The van der Waals surface area contributed by atoms with Crippen LogP contribution >= 0.6 is 0 Å². The summed E-state index contributed by atoms with van der Waals surface area (Å²) in [5.74, 6) is 0. The van der Waals surface area contributed by atoms with E-state index in [1.165, 1.54) is 109 Å². The van der Waals surface area contributed by atoms with Gasteiger partial charge in [0.2, 0.25) is 0 Å². The van der Waals surface area contributed by atoms with Gasteiger partial charge in [-0.1, -0.05) is 111 Å². The van der Waals surface area contributed by atoms with Gasteiger partial charge in [-0.3, -0.25) is 0 Å². The van der Waals surface area contributed by atoms with Gasteiger partial charge in [-0.05, 0) is 57.3 Å². The van der Waals surface area contributed by atoms with Crippen LogP contribution in [0.2, 0.25) is 0 Å². The van der Waals surface area contributed by atoms with Gasteiger partial charge < -0.3 is 8.80 Å². The minimum Gasteiger partial charge on any atom is -0.308 e. The molecule has 208 valence electrons. The van der Waals surface area contributed by atoms with E-state index in [2.05, 4.69) is 144 Å². The average molecular weight is 571 g/mol. The molecule has 1 aliphatic carbocycles. The van der Waals surface area contributed by atoms with Crippen molar-refractivity contribution in [2.45, 2.75) is 19.3 Å². The van der Waals surface area contributed by atoms with Gasteiger partial charge in [-0.2, -0.15) is 0 Å². The van der Waals surface area contributed by atoms with Crippen molar-refractivity contribution in [1.82, 2.24) is 8.80 Å². The Morgan fingerprint density at radius 3 is 2.04 bits per heavy atom. The van der Waals surface area contributed by atoms with Crippen molar-refractivity contribution in [3.8, 4) is 11.1 Å². The molecule has 0 spiro atoms. The average Bonchev–Trinajstić information content (AvgIpc) is 3.83. The second-order valence-electron chi connectivity index (χ2n) is 13.7. The van der Waals surface area contributed by atoms with Gasteiger partial charge in [0.05, 0.1) is 33.1 Å². The lowest BCUT2D eigenvalue weighted by molar-refractivity contribution is 0.664. The number of fused-ring (bicyclic) bond motifs is 18. The van der Waals surface area contributed by atoms with E-state index in [1.54, 1.807) is 0 Å². The lowest BCUT2D eigenvalue weighted by atomic mass is 9.81. The topological polar surface area (TPSA) is 8.82 Å². The van der Waals surface area contributed by atoms with Gasteiger partial charge in [0.15, 0.2) is 0 Å². The highest BCUT2D eigenvalue weighted by Gasteiger charge is 2.38. The third kappa shape index (κ3) is 2.37. The summed E-state index contributed by atoms with van der Waals surface area (Å²) in [7, 11) is 0. The quantitative estimate of drug-likeness (QED) is 0.171. The summed E-state index contributed by atoms with van der Waals surface area (Å²) in [5, 5.41) is 13.3. The van der Waals surface area contributed by atoms with E-state index in [4.69, 9.17) is 0 Å². The monoisotopic (exact) mass is 570 g/mol. The highest BCUT2D eigenvalue weighted by atomic mass is 14.9. The standard InChI is InChI=1S/C43H26N2/c1-43(2)34-16-7-5-12-25(34)27-18-19-30-28-14-9-15-29-31-21-33-37(22-36(31)45(40(28)29)42(30)39(27)43)44-35-17-8-6-13-26(35)32-20-23-10-3-4-11-24(23)38(33)41(32)44/h3-22H,1-2H3. The number of nitrogens with zero attached hydrogens (tertiary/aromatic N) is 2. The van der Waals surface area contributed by atoms with Gasteiger partial charge in [0.1, 0.15) is 0 Å². The fourth-order valence-electron chi connectivity index (χ4n) is 9.54. The van der Waals surface area contributed by atoms with Crippen molar-refractivity contribution in [2.24, 2.45) is 0 Å². The van der Waals surface area contributed by atoms with E-state index in [1.807, 2.05) is 0 Å². The molecule has 2 heteroatoms. The molecule has 0 saturated heterocycles. The minimum atomic E-state index is -0.100. The number of benzene rings is 7. The third-order valence-electron chi connectivity index (χ3n) is 11.3. The first kappa shape index (κ1) is 22.9. The number of hydrogen-bond donors (Lipinski definition) is 0. The van der Waals surface area contributed by atoms with E-state index >= 15 is 0 Å². The van der Waals surface area contributed by atoms with Gasteiger partial charge in [-0.15, -0.1) is 0 Å². The van der Waals surface area contributed by atoms with Crippen molar-refractivity contribution < 1.29 is 0 Å². The van der Waals surface area contributed by atoms with Crippen LogP contribution in [0.1, 0.15) is 25.0 Å². The molecular formula is C43H26N2. The number of hydrogen-bond acceptors (Lipinski definition) is 0. The molecule has 1 aliphatic rings. The highest BCUT2D eigenvalue weighted by molar-refractivity contribution is 6.34. The Morgan fingerprint density at radius 2 is 1.13 bits per heavy atom. The fourth-order valence-corrected chi connectivity index (χ4v) is 9.54. The van der Waals surface area contributed by atoms with Crippen LogP contribution in [0.25, 0.3) is 98.1 Å². The summed E-state index contributed by atoms with van der Waals surface area (Å²) >= 11 is 0. The third-order valence-corrected chi connectivity index (χ3v) is 11.3. The Labute approximate surface area is 258 Å². The predicted molar refractivity (Wildman–Crippen MR) is 191 cm³/mol. The summed E-state index contributed by atoms with van der Waals surface area (Å²) in [6, 6.07) is 45.9. The Kier molecular flexibility index (Phi) is 3.66. The van der Waals surface area contributed by atoms with Crippen LogP contribution < -0.4 is 0 Å². The fraction of sp³-hybridized carbons (Fsp3) is 0.0698. The van der Waals surface area contributed by atoms with Crippen molar-refractivity contribution in [3.63, 3.8) is 0 Å². The van der Waals surface area contributed by atoms with Crippen molar-refractivity contribution in [2.75, 3.05) is 0 Å². The Hall–Kier alpha value is -5.60. The summed E-state index contributed by atoms with van der Waals surface area (Å²) < 4.78 is 5.16. The summed E-state index contributed by atoms with van der Waals surface area (Å²) in [6.45, 7) is 4.82. The molecule has 4 heterocycles. The molecule has 12 rings (SSSR count). The zero-order chi connectivity index (χ0) is 29.3. The molecule has 7 aromatic carbocycles. The molecule has 2 nitrogen and oxygen atoms in total. The first-order valence-corrected chi connectivity index (χ1v) is 16.0. The molecule has 0 atom stereocenters. The second-order valence-corrected chi connectivity index (χ2v) is 13.7. The van der Waals surface area contributed by atoms with Crippen molar-refractivity contribution in [1.29, 1.82) is 0 Å². The van der Waals surface area contributed by atoms with Crippen molar-refractivity contribution in [3.05, 3.63) is 132 Å². The predicted octanol–water partition coefficient (Wildman–Crippen LogP) is 11.4. The van der Waals surface area contributed by atoms with Crippen LogP contribution in [0, 0.1) is 0 Å². The van der Waals surface area contributed by atoms with E-state index in [-0.39, 0.29) is 5.41 Å².